The van der Waals surface area contributed by atoms with Crippen molar-refractivity contribution in [2.24, 2.45) is 5.73 Å². The highest BCUT2D eigenvalue weighted by atomic mass is 16.5. The van der Waals surface area contributed by atoms with E-state index in [0.29, 0.717) is 6.61 Å². The molecule has 0 radical (unpaired) electrons. The molecular formula is C14H19NO2. The van der Waals surface area contributed by atoms with Crippen molar-refractivity contribution in [2.45, 2.75) is 30.7 Å². The number of nitrogens with two attached hydrogens (primary N) is 1. The van der Waals surface area contributed by atoms with E-state index in [2.05, 4.69) is 12.1 Å². The molecule has 3 nitrogen and oxygen atoms in total. The van der Waals surface area contributed by atoms with Crippen LogP contribution in [0.3, 0.4) is 0 Å². The highest BCUT2D eigenvalue weighted by molar-refractivity contribution is 5.40. The minimum Gasteiger partial charge on any atom is -0.494 e. The Morgan fingerprint density at radius 2 is 1.88 bits per heavy atom. The molecule has 1 saturated heterocycles. The molecule has 92 valence electrons. The molecule has 1 aliphatic heterocycles. The molecule has 1 aromatic carbocycles. The quantitative estimate of drug-likeness (QED) is 0.863. The summed E-state index contributed by atoms with van der Waals surface area (Å²) < 4.78 is 10.9. The molecule has 0 spiro atoms. The lowest BCUT2D eigenvalue weighted by molar-refractivity contribution is -0.0786. The second-order valence-corrected chi connectivity index (χ2v) is 5.19. The number of rotatable bonds is 4. The van der Waals surface area contributed by atoms with Gasteiger partial charge in [0.15, 0.2) is 0 Å². The van der Waals surface area contributed by atoms with Crippen LogP contribution in [0, 0.1) is 0 Å². The van der Waals surface area contributed by atoms with Crippen LogP contribution in [0.1, 0.15) is 25.3 Å². The predicted octanol–water partition coefficient (Wildman–Crippen LogP) is 1.84. The molecule has 3 heteroatoms. The molecule has 2 N–H and O–H groups in total. The SMILES string of the molecule is CCOc1ccc(C2(C3(N)CC3)COC2)cc1. The first-order chi connectivity index (χ1) is 8.20. The molecule has 0 bridgehead atoms. The first-order valence-corrected chi connectivity index (χ1v) is 6.30. The fourth-order valence-corrected chi connectivity index (χ4v) is 2.70. The Bertz CT molecular complexity index is 405. The number of hydrogen-bond donors (Lipinski definition) is 1. The van der Waals surface area contributed by atoms with Crippen LogP contribution in [0.2, 0.25) is 0 Å². The second kappa shape index (κ2) is 3.72. The Kier molecular flexibility index (Phi) is 2.42. The number of ether oxygens (including phenoxy) is 2. The Morgan fingerprint density at radius 1 is 1.24 bits per heavy atom. The summed E-state index contributed by atoms with van der Waals surface area (Å²) in [5, 5.41) is 0. The zero-order valence-corrected chi connectivity index (χ0v) is 10.2. The minimum atomic E-state index is -0.0294. The third-order valence-corrected chi connectivity index (χ3v) is 4.16. The van der Waals surface area contributed by atoms with Gasteiger partial charge in [0.1, 0.15) is 5.75 Å². The van der Waals surface area contributed by atoms with E-state index < -0.39 is 0 Å². The maximum absolute atomic E-state index is 6.40. The third kappa shape index (κ3) is 1.57. The summed E-state index contributed by atoms with van der Waals surface area (Å²) in [6, 6.07) is 8.34. The summed E-state index contributed by atoms with van der Waals surface area (Å²) in [6.07, 6.45) is 2.23. The molecule has 3 rings (SSSR count). The van der Waals surface area contributed by atoms with Gasteiger partial charge in [-0.3, -0.25) is 0 Å². The first kappa shape index (κ1) is 11.1. The monoisotopic (exact) mass is 233 g/mol. The van der Waals surface area contributed by atoms with Crippen LogP contribution in [-0.4, -0.2) is 25.4 Å². The van der Waals surface area contributed by atoms with Crippen LogP contribution in [0.15, 0.2) is 24.3 Å². The normalized spacial score (nSPS) is 23.9. The van der Waals surface area contributed by atoms with Gasteiger partial charge in [0.2, 0.25) is 0 Å². The van der Waals surface area contributed by atoms with E-state index in [0.717, 1.165) is 31.8 Å². The molecule has 0 aromatic heterocycles. The molecule has 1 heterocycles. The highest BCUT2D eigenvalue weighted by Crippen LogP contribution is 2.53. The standard InChI is InChI=1S/C14H19NO2/c1-2-17-12-5-3-11(4-6-12)13(9-16-10-13)14(15)7-8-14/h3-6H,2,7-10,15H2,1H3. The topological polar surface area (TPSA) is 44.5 Å². The van der Waals surface area contributed by atoms with Gasteiger partial charge in [0, 0.05) is 5.54 Å². The van der Waals surface area contributed by atoms with Gasteiger partial charge in [-0.25, -0.2) is 0 Å². The van der Waals surface area contributed by atoms with Crippen LogP contribution in [0.5, 0.6) is 5.75 Å². The molecule has 1 aliphatic carbocycles. The van der Waals surface area contributed by atoms with E-state index in [1.165, 1.54) is 5.56 Å². The van der Waals surface area contributed by atoms with E-state index in [-0.39, 0.29) is 11.0 Å². The van der Waals surface area contributed by atoms with E-state index in [1.807, 2.05) is 19.1 Å². The van der Waals surface area contributed by atoms with Crippen molar-refractivity contribution in [2.75, 3.05) is 19.8 Å². The van der Waals surface area contributed by atoms with E-state index >= 15 is 0 Å². The van der Waals surface area contributed by atoms with Gasteiger partial charge in [-0.15, -0.1) is 0 Å². The van der Waals surface area contributed by atoms with Gasteiger partial charge in [0.05, 0.1) is 25.2 Å². The lowest BCUT2D eigenvalue weighted by Crippen LogP contribution is -2.60. The largest absolute Gasteiger partial charge is 0.494 e. The lowest BCUT2D eigenvalue weighted by Gasteiger charge is -2.47. The Labute approximate surface area is 102 Å². The molecule has 0 unspecified atom stereocenters. The van der Waals surface area contributed by atoms with Crippen molar-refractivity contribution in [3.8, 4) is 5.75 Å². The summed E-state index contributed by atoms with van der Waals surface area (Å²) in [6.45, 7) is 4.22. The average Bonchev–Trinajstić information content (AvgIpc) is 2.99. The number of benzene rings is 1. The highest BCUT2D eigenvalue weighted by Gasteiger charge is 2.61. The summed E-state index contributed by atoms with van der Waals surface area (Å²) in [5.41, 5.74) is 7.73. The molecule has 0 amide bonds. The molecule has 17 heavy (non-hydrogen) atoms. The zero-order valence-electron chi connectivity index (χ0n) is 10.2. The van der Waals surface area contributed by atoms with Crippen LogP contribution in [0.25, 0.3) is 0 Å². The van der Waals surface area contributed by atoms with Crippen LogP contribution >= 0.6 is 0 Å². The number of hydrogen-bond acceptors (Lipinski definition) is 3. The van der Waals surface area contributed by atoms with Crippen molar-refractivity contribution >= 4 is 0 Å². The van der Waals surface area contributed by atoms with Crippen LogP contribution in [0.4, 0.5) is 0 Å². The first-order valence-electron chi connectivity index (χ1n) is 6.30. The maximum Gasteiger partial charge on any atom is 0.119 e. The van der Waals surface area contributed by atoms with Crippen molar-refractivity contribution in [1.82, 2.24) is 0 Å². The summed E-state index contributed by atoms with van der Waals surface area (Å²) in [7, 11) is 0. The Hall–Kier alpha value is -1.06. The Balaban J connectivity index is 1.87. The molecule has 0 atom stereocenters. The van der Waals surface area contributed by atoms with Crippen LogP contribution in [-0.2, 0) is 10.2 Å². The predicted molar refractivity (Wildman–Crippen MR) is 66.3 cm³/mol. The summed E-state index contributed by atoms with van der Waals surface area (Å²) in [4.78, 5) is 0. The van der Waals surface area contributed by atoms with Crippen molar-refractivity contribution in [3.63, 3.8) is 0 Å². The Morgan fingerprint density at radius 3 is 2.29 bits per heavy atom. The smallest absolute Gasteiger partial charge is 0.119 e. The lowest BCUT2D eigenvalue weighted by atomic mass is 9.71. The van der Waals surface area contributed by atoms with Gasteiger partial charge in [-0.2, -0.15) is 0 Å². The average molecular weight is 233 g/mol. The molecule has 1 saturated carbocycles. The fraction of sp³-hybridized carbons (Fsp3) is 0.571. The molecular weight excluding hydrogens is 214 g/mol. The summed E-state index contributed by atoms with van der Waals surface area (Å²) >= 11 is 0. The van der Waals surface area contributed by atoms with Gasteiger partial charge in [-0.05, 0) is 37.5 Å². The zero-order chi connectivity index (χ0) is 11.9. The molecule has 1 aromatic rings. The van der Waals surface area contributed by atoms with Gasteiger partial charge in [0.25, 0.3) is 0 Å². The van der Waals surface area contributed by atoms with Crippen molar-refractivity contribution in [3.05, 3.63) is 29.8 Å². The van der Waals surface area contributed by atoms with Crippen LogP contribution < -0.4 is 10.5 Å². The fourth-order valence-electron chi connectivity index (χ4n) is 2.70. The second-order valence-electron chi connectivity index (χ2n) is 5.19. The van der Waals surface area contributed by atoms with Crippen molar-refractivity contribution in [1.29, 1.82) is 0 Å². The van der Waals surface area contributed by atoms with Gasteiger partial charge < -0.3 is 15.2 Å². The summed E-state index contributed by atoms with van der Waals surface area (Å²) in [5.74, 6) is 0.925. The minimum absolute atomic E-state index is 0.0294. The molecule has 2 aliphatic rings. The van der Waals surface area contributed by atoms with E-state index in [4.69, 9.17) is 15.2 Å². The third-order valence-electron chi connectivity index (χ3n) is 4.16. The van der Waals surface area contributed by atoms with Gasteiger partial charge in [-0.1, -0.05) is 12.1 Å². The van der Waals surface area contributed by atoms with E-state index in [1.54, 1.807) is 0 Å². The van der Waals surface area contributed by atoms with Gasteiger partial charge >= 0.3 is 0 Å². The van der Waals surface area contributed by atoms with Crippen molar-refractivity contribution < 1.29 is 9.47 Å². The maximum atomic E-state index is 6.40. The molecule has 2 fully saturated rings. The van der Waals surface area contributed by atoms with E-state index in [9.17, 15) is 0 Å².